The largest absolute Gasteiger partial charge is 0.494 e. The Morgan fingerprint density at radius 1 is 1.33 bits per heavy atom. The van der Waals surface area contributed by atoms with Crippen LogP contribution in [0.1, 0.15) is 27.2 Å². The van der Waals surface area contributed by atoms with Crippen LogP contribution in [0.2, 0.25) is 0 Å². The highest BCUT2D eigenvalue weighted by Gasteiger charge is 2.09. The standard InChI is InChI=1S/C17H30N2O2/c1-5-17(8-7-16(4)18-15(2)3)21-12-6-9-19-10-13-20-14-11-19/h5,7-8,15,18H,1,6,9-14H2,2-4H3/b16-7+,17-8+. The summed E-state index contributed by atoms with van der Waals surface area (Å²) >= 11 is 0. The van der Waals surface area contributed by atoms with Gasteiger partial charge in [-0.05, 0) is 45.4 Å². The van der Waals surface area contributed by atoms with Gasteiger partial charge in [0, 0.05) is 31.4 Å². The van der Waals surface area contributed by atoms with Gasteiger partial charge in [0.15, 0.2) is 0 Å². The van der Waals surface area contributed by atoms with Crippen molar-refractivity contribution >= 4 is 0 Å². The third-order valence-corrected chi connectivity index (χ3v) is 3.21. The van der Waals surface area contributed by atoms with Crippen molar-refractivity contribution in [3.8, 4) is 0 Å². The van der Waals surface area contributed by atoms with Gasteiger partial charge in [0.2, 0.25) is 0 Å². The molecule has 0 unspecified atom stereocenters. The number of ether oxygens (including phenoxy) is 2. The van der Waals surface area contributed by atoms with Crippen molar-refractivity contribution in [1.29, 1.82) is 0 Å². The molecule has 120 valence electrons. The minimum absolute atomic E-state index is 0.441. The van der Waals surface area contributed by atoms with Crippen LogP contribution in [-0.2, 0) is 9.47 Å². The monoisotopic (exact) mass is 294 g/mol. The SMILES string of the molecule is C=C/C(=C\C=C(/C)NC(C)C)OCCCN1CCOCC1. The summed E-state index contributed by atoms with van der Waals surface area (Å²) in [7, 11) is 0. The van der Waals surface area contributed by atoms with E-state index in [0.29, 0.717) is 6.04 Å². The van der Waals surface area contributed by atoms with Crippen LogP contribution < -0.4 is 5.32 Å². The molecule has 0 spiro atoms. The van der Waals surface area contributed by atoms with Crippen molar-refractivity contribution in [3.05, 3.63) is 36.3 Å². The molecule has 0 aromatic heterocycles. The Labute approximate surface area is 129 Å². The molecule has 0 bridgehead atoms. The highest BCUT2D eigenvalue weighted by molar-refractivity contribution is 5.19. The van der Waals surface area contributed by atoms with Gasteiger partial charge in [0.05, 0.1) is 19.8 Å². The molecule has 0 aromatic rings. The predicted molar refractivity (Wildman–Crippen MR) is 88.1 cm³/mol. The van der Waals surface area contributed by atoms with Crippen molar-refractivity contribution in [2.75, 3.05) is 39.5 Å². The fourth-order valence-electron chi connectivity index (χ4n) is 2.19. The van der Waals surface area contributed by atoms with Gasteiger partial charge in [-0.3, -0.25) is 4.90 Å². The summed E-state index contributed by atoms with van der Waals surface area (Å²) in [4.78, 5) is 2.42. The van der Waals surface area contributed by atoms with Gasteiger partial charge >= 0.3 is 0 Å². The van der Waals surface area contributed by atoms with E-state index < -0.39 is 0 Å². The van der Waals surface area contributed by atoms with E-state index >= 15 is 0 Å². The van der Waals surface area contributed by atoms with Crippen molar-refractivity contribution in [1.82, 2.24) is 10.2 Å². The first-order valence-electron chi connectivity index (χ1n) is 7.82. The van der Waals surface area contributed by atoms with Gasteiger partial charge in [0.25, 0.3) is 0 Å². The quantitative estimate of drug-likeness (QED) is 0.403. The molecule has 0 radical (unpaired) electrons. The lowest BCUT2D eigenvalue weighted by atomic mass is 10.3. The molecule has 1 aliphatic heterocycles. The molecule has 1 heterocycles. The Balaban J connectivity index is 2.25. The highest BCUT2D eigenvalue weighted by atomic mass is 16.5. The van der Waals surface area contributed by atoms with E-state index in [2.05, 4.69) is 37.6 Å². The molecule has 1 fully saturated rings. The highest BCUT2D eigenvalue weighted by Crippen LogP contribution is 2.04. The van der Waals surface area contributed by atoms with Gasteiger partial charge in [-0.1, -0.05) is 6.58 Å². The minimum Gasteiger partial charge on any atom is -0.494 e. The van der Waals surface area contributed by atoms with Crippen LogP contribution in [0.25, 0.3) is 0 Å². The van der Waals surface area contributed by atoms with Gasteiger partial charge < -0.3 is 14.8 Å². The number of hydrogen-bond acceptors (Lipinski definition) is 4. The first-order valence-corrected chi connectivity index (χ1v) is 7.82. The summed E-state index contributed by atoms with van der Waals surface area (Å²) in [5.41, 5.74) is 1.13. The summed E-state index contributed by atoms with van der Waals surface area (Å²) in [6, 6.07) is 0.441. The second-order valence-electron chi connectivity index (χ2n) is 5.58. The van der Waals surface area contributed by atoms with Crippen molar-refractivity contribution in [2.24, 2.45) is 0 Å². The van der Waals surface area contributed by atoms with Crippen LogP contribution in [0.3, 0.4) is 0 Å². The fourth-order valence-corrected chi connectivity index (χ4v) is 2.19. The Morgan fingerprint density at radius 2 is 2.05 bits per heavy atom. The lowest BCUT2D eigenvalue weighted by molar-refractivity contribution is 0.0346. The molecule has 0 aromatic carbocycles. The summed E-state index contributed by atoms with van der Waals surface area (Å²) in [5, 5.41) is 3.34. The number of morpholine rings is 1. The second kappa shape index (κ2) is 10.5. The Bertz CT molecular complexity index is 356. The van der Waals surface area contributed by atoms with E-state index in [1.807, 2.05) is 12.2 Å². The van der Waals surface area contributed by atoms with Gasteiger partial charge in [-0.25, -0.2) is 0 Å². The van der Waals surface area contributed by atoms with Crippen LogP contribution >= 0.6 is 0 Å². The maximum Gasteiger partial charge on any atom is 0.118 e. The molecule has 1 saturated heterocycles. The van der Waals surface area contributed by atoms with E-state index in [9.17, 15) is 0 Å². The third kappa shape index (κ3) is 8.58. The van der Waals surface area contributed by atoms with Crippen LogP contribution in [0.5, 0.6) is 0 Å². The molecular weight excluding hydrogens is 264 g/mol. The summed E-state index contributed by atoms with van der Waals surface area (Å²) in [5.74, 6) is 0.821. The first kappa shape index (κ1) is 17.8. The minimum atomic E-state index is 0.441. The zero-order chi connectivity index (χ0) is 15.5. The van der Waals surface area contributed by atoms with Crippen molar-refractivity contribution in [2.45, 2.75) is 33.2 Å². The number of rotatable bonds is 9. The maximum absolute atomic E-state index is 5.75. The fraction of sp³-hybridized carbons (Fsp3) is 0.647. The van der Waals surface area contributed by atoms with Crippen molar-refractivity contribution < 1.29 is 9.47 Å². The van der Waals surface area contributed by atoms with Gasteiger partial charge in [-0.2, -0.15) is 0 Å². The molecule has 4 nitrogen and oxygen atoms in total. The molecular formula is C17H30N2O2. The summed E-state index contributed by atoms with van der Waals surface area (Å²) in [6.45, 7) is 15.7. The zero-order valence-corrected chi connectivity index (χ0v) is 13.7. The molecule has 0 amide bonds. The van der Waals surface area contributed by atoms with Gasteiger partial charge in [0.1, 0.15) is 5.76 Å². The van der Waals surface area contributed by atoms with E-state index in [-0.39, 0.29) is 0 Å². The molecule has 21 heavy (non-hydrogen) atoms. The lowest BCUT2D eigenvalue weighted by Gasteiger charge is -2.26. The number of nitrogens with zero attached hydrogens (tertiary/aromatic N) is 1. The molecule has 0 saturated carbocycles. The Hall–Kier alpha value is -1.26. The van der Waals surface area contributed by atoms with Crippen LogP contribution in [0.4, 0.5) is 0 Å². The summed E-state index contributed by atoms with van der Waals surface area (Å²) in [6.07, 6.45) is 6.78. The average molecular weight is 294 g/mol. The first-order chi connectivity index (χ1) is 10.1. The third-order valence-electron chi connectivity index (χ3n) is 3.21. The van der Waals surface area contributed by atoms with Crippen LogP contribution in [0, 0.1) is 0 Å². The smallest absolute Gasteiger partial charge is 0.118 e. The van der Waals surface area contributed by atoms with Crippen LogP contribution in [-0.4, -0.2) is 50.4 Å². The average Bonchev–Trinajstić information content (AvgIpc) is 2.47. The number of hydrogen-bond donors (Lipinski definition) is 1. The van der Waals surface area contributed by atoms with Crippen LogP contribution in [0.15, 0.2) is 36.3 Å². The molecule has 1 aliphatic rings. The molecule has 0 aliphatic carbocycles. The molecule has 4 heteroatoms. The topological polar surface area (TPSA) is 33.7 Å². The van der Waals surface area contributed by atoms with E-state index in [1.165, 1.54) is 0 Å². The van der Waals surface area contributed by atoms with E-state index in [4.69, 9.17) is 9.47 Å². The molecule has 1 rings (SSSR count). The second-order valence-corrected chi connectivity index (χ2v) is 5.58. The van der Waals surface area contributed by atoms with Crippen molar-refractivity contribution in [3.63, 3.8) is 0 Å². The number of allylic oxidation sites excluding steroid dienone is 4. The maximum atomic E-state index is 5.75. The van der Waals surface area contributed by atoms with E-state index in [0.717, 1.165) is 57.3 Å². The van der Waals surface area contributed by atoms with E-state index in [1.54, 1.807) is 6.08 Å². The Kier molecular flexibility index (Phi) is 8.87. The lowest BCUT2D eigenvalue weighted by Crippen LogP contribution is -2.37. The molecule has 0 atom stereocenters. The summed E-state index contributed by atoms with van der Waals surface area (Å²) < 4.78 is 11.1. The normalized spacial score (nSPS) is 17.9. The number of nitrogens with one attached hydrogen (secondary N) is 1. The Morgan fingerprint density at radius 3 is 2.67 bits per heavy atom. The predicted octanol–water partition coefficient (Wildman–Crippen LogP) is 2.70. The molecule has 1 N–H and O–H groups in total. The van der Waals surface area contributed by atoms with Gasteiger partial charge in [-0.15, -0.1) is 0 Å². The zero-order valence-electron chi connectivity index (χ0n) is 13.7.